The molecule has 1 amide bonds. The molecular weight excluding hydrogens is 784 g/mol. The molecule has 4 aromatic rings. The zero-order chi connectivity index (χ0) is 35.3. The van der Waals surface area contributed by atoms with Crippen molar-refractivity contribution in [3.05, 3.63) is 78.1 Å². The van der Waals surface area contributed by atoms with Crippen molar-refractivity contribution in [3.63, 3.8) is 0 Å². The Morgan fingerprint density at radius 1 is 0.660 bits per heavy atom. The fourth-order valence-corrected chi connectivity index (χ4v) is 5.10. The molecule has 0 fully saturated rings. The minimum atomic E-state index is -1.44. The Bertz CT molecular complexity index is 1890. The number of fused-ring (bicyclic) bond motifs is 3. The average Bonchev–Trinajstić information content (AvgIpc) is 3.04. The van der Waals surface area contributed by atoms with Crippen molar-refractivity contribution in [2.45, 2.75) is 6.92 Å². The van der Waals surface area contributed by atoms with Crippen LogP contribution in [0.25, 0.3) is 21.8 Å². The first-order chi connectivity index (χ1) is 23.4. The molecule has 4 rings (SSSR count). The molecule has 0 aliphatic rings. The quantitative estimate of drug-likeness (QED) is 0.0896. The first-order valence-corrected chi connectivity index (χ1v) is 15.3. The Hall–Kier alpha value is -4.17. The van der Waals surface area contributed by atoms with Gasteiger partial charge in [-0.3, -0.25) is 29.3 Å². The summed E-state index contributed by atoms with van der Waals surface area (Å²) in [7, 11) is 0. The van der Waals surface area contributed by atoms with E-state index in [2.05, 4.69) is 27.1 Å². The van der Waals surface area contributed by atoms with E-state index in [4.69, 9.17) is 0 Å². The third-order valence-corrected chi connectivity index (χ3v) is 7.27. The fourth-order valence-electron chi connectivity index (χ4n) is 5.10. The molecule has 0 aliphatic carbocycles. The molecule has 50 heavy (non-hydrogen) atoms. The Morgan fingerprint density at radius 3 is 1.80 bits per heavy atom. The zero-order valence-electron chi connectivity index (χ0n) is 27.1. The summed E-state index contributed by atoms with van der Waals surface area (Å²) in [6.45, 7) is -0.873. The summed E-state index contributed by atoms with van der Waals surface area (Å²) in [5, 5.41) is 38.4. The molecule has 0 saturated heterocycles. The van der Waals surface area contributed by atoms with Gasteiger partial charge in [-0.15, -0.1) is 0 Å². The van der Waals surface area contributed by atoms with Crippen LogP contribution in [0.2, 0.25) is 0 Å². The molecule has 261 valence electrons. The number of carbonyl (C=O) groups excluding carboxylic acids is 5. The van der Waals surface area contributed by atoms with Gasteiger partial charge < -0.3 is 35.0 Å². The summed E-state index contributed by atoms with van der Waals surface area (Å²) in [5.74, 6) is 1.06. The Morgan fingerprint density at radius 2 is 1.20 bits per heavy atom. The van der Waals surface area contributed by atoms with Crippen molar-refractivity contribution in [1.29, 1.82) is 0 Å². The second-order valence-corrected chi connectivity index (χ2v) is 11.3. The molecule has 1 radical (unpaired) electrons. The molecule has 0 atom stereocenters. The van der Waals surface area contributed by atoms with Crippen LogP contribution in [0.3, 0.4) is 0 Å². The molecule has 0 unspecified atom stereocenters. The van der Waals surface area contributed by atoms with Crippen LogP contribution >= 0.6 is 0 Å². The molecule has 0 bridgehead atoms. The third-order valence-electron chi connectivity index (χ3n) is 7.27. The van der Waals surface area contributed by atoms with Crippen LogP contribution < -0.4 is 20.6 Å². The molecular formula is C35H33EuN6O8-3. The average molecular weight is 818 g/mol. The topological polar surface area (TPSA) is 202 Å². The smallest absolute Gasteiger partial charge is 0.238 e. The largest absolute Gasteiger partial charge is 0.549 e. The number of nitrogens with zero attached hydrogens (tertiary/aromatic N) is 5. The predicted octanol–water partition coefficient (Wildman–Crippen LogP) is -2.13. The van der Waals surface area contributed by atoms with Gasteiger partial charge in [-0.25, -0.2) is 4.98 Å². The number of pyridine rings is 2. The van der Waals surface area contributed by atoms with Crippen LogP contribution in [0, 0.1) is 61.2 Å². The first kappa shape index (κ1) is 40.3. The van der Waals surface area contributed by atoms with E-state index in [1.165, 1.54) is 21.6 Å². The van der Waals surface area contributed by atoms with Gasteiger partial charge >= 0.3 is 0 Å². The molecule has 0 saturated carbocycles. The molecule has 0 spiro atoms. The maximum atomic E-state index is 12.8. The Labute approximate surface area is 329 Å². The zero-order valence-corrected chi connectivity index (χ0v) is 29.5. The number of Topliss-reactive ketones (excluding diaryl/α,β-unsaturated/α-hetero) is 1. The van der Waals surface area contributed by atoms with E-state index in [0.717, 1.165) is 21.8 Å². The van der Waals surface area contributed by atoms with Gasteiger partial charge in [-0.1, -0.05) is 24.1 Å². The number of carboxylic acid groups (broad SMARTS) is 3. The maximum Gasteiger partial charge on any atom is 0.238 e. The van der Waals surface area contributed by atoms with E-state index >= 15 is 0 Å². The number of anilines is 1. The van der Waals surface area contributed by atoms with Crippen LogP contribution in [-0.4, -0.2) is 113 Å². The van der Waals surface area contributed by atoms with E-state index in [1.54, 1.807) is 30.5 Å². The van der Waals surface area contributed by atoms with E-state index in [1.807, 2.05) is 36.4 Å². The fraction of sp³-hybridized carbons (Fsp3) is 0.286. The number of hydrogen-bond acceptors (Lipinski definition) is 13. The number of amides is 1. The molecule has 15 heteroatoms. The number of benzene rings is 2. The second-order valence-electron chi connectivity index (χ2n) is 11.3. The van der Waals surface area contributed by atoms with E-state index in [-0.39, 0.29) is 94.4 Å². The van der Waals surface area contributed by atoms with Crippen LogP contribution in [-0.2, 0) is 24.0 Å². The second kappa shape index (κ2) is 19.9. The first-order valence-electron chi connectivity index (χ1n) is 15.3. The number of carboxylic acids is 3. The van der Waals surface area contributed by atoms with Crippen molar-refractivity contribution >= 4 is 57.1 Å². The SMILES string of the molecule is CC(=O)CN(CCN(CCN(CC(=O)[O-])CC(=O)Nc1ccc(C#Cc2ccc3ccc4cccnc4c3n2)cc1)CC(=O)[O-])CC(=O)[O-].[Eu]. The molecule has 0 aliphatic heterocycles. The summed E-state index contributed by atoms with van der Waals surface area (Å²) in [4.78, 5) is 71.2. The van der Waals surface area contributed by atoms with E-state index in [9.17, 15) is 39.3 Å². The maximum absolute atomic E-state index is 12.8. The monoisotopic (exact) mass is 818 g/mol. The van der Waals surface area contributed by atoms with Crippen molar-refractivity contribution in [2.75, 3.05) is 64.2 Å². The van der Waals surface area contributed by atoms with Gasteiger partial charge in [0.2, 0.25) is 5.91 Å². The molecule has 2 aromatic carbocycles. The normalized spacial score (nSPS) is 10.9. The standard InChI is InChI=1S/C35H36N6O8.Eu/c1-24(42)19-40(22-32(46)47)17-15-39(21-31(44)45)16-18-41(23-33(48)49)20-30(43)37-28-10-4-25(5-11-28)6-12-29-13-9-27-8-7-26-3-2-14-36-34(26)35(27)38-29;/h2-5,7-11,13-14H,15-23H2,1H3,(H,37,43)(H,44,45)(H,46,47)(H,48,49);/p-3. The van der Waals surface area contributed by atoms with Gasteiger partial charge in [0.05, 0.1) is 42.0 Å². The molecule has 14 nitrogen and oxygen atoms in total. The summed E-state index contributed by atoms with van der Waals surface area (Å²) < 4.78 is 0. The van der Waals surface area contributed by atoms with Gasteiger partial charge in [-0.05, 0) is 55.3 Å². The van der Waals surface area contributed by atoms with Gasteiger partial charge in [0.1, 0.15) is 11.5 Å². The van der Waals surface area contributed by atoms with Crippen molar-refractivity contribution in [2.24, 2.45) is 0 Å². The van der Waals surface area contributed by atoms with E-state index < -0.39 is 43.4 Å². The molecule has 2 aromatic heterocycles. The van der Waals surface area contributed by atoms with Gasteiger partial charge in [0.15, 0.2) is 0 Å². The summed E-state index contributed by atoms with van der Waals surface area (Å²) in [5.41, 5.74) is 3.24. The summed E-state index contributed by atoms with van der Waals surface area (Å²) >= 11 is 0. The third kappa shape index (κ3) is 13.3. The van der Waals surface area contributed by atoms with Gasteiger partial charge in [0, 0.05) is 123 Å². The summed E-state index contributed by atoms with van der Waals surface area (Å²) in [6.07, 6.45) is 1.72. The van der Waals surface area contributed by atoms with Crippen molar-refractivity contribution in [1.82, 2.24) is 24.7 Å². The minimum absolute atomic E-state index is 0. The number of nitrogens with one attached hydrogen (secondary N) is 1. The Balaban J connectivity index is 0.00000676. The summed E-state index contributed by atoms with van der Waals surface area (Å²) in [6, 6.07) is 18.3. The van der Waals surface area contributed by atoms with Gasteiger partial charge in [-0.2, -0.15) is 0 Å². The van der Waals surface area contributed by atoms with Crippen molar-refractivity contribution < 1.29 is 88.7 Å². The van der Waals surface area contributed by atoms with Crippen LogP contribution in [0.4, 0.5) is 5.69 Å². The number of aliphatic carboxylic acids is 3. The van der Waals surface area contributed by atoms with Gasteiger partial charge in [0.25, 0.3) is 0 Å². The number of ketones is 1. The van der Waals surface area contributed by atoms with Crippen molar-refractivity contribution in [3.8, 4) is 11.8 Å². The number of hydrogen-bond donors (Lipinski definition) is 1. The number of carbonyl (C=O) groups is 5. The number of rotatable bonds is 17. The number of aromatic nitrogens is 2. The van der Waals surface area contributed by atoms with Crippen LogP contribution in [0.5, 0.6) is 0 Å². The molecule has 1 N–H and O–H groups in total. The van der Waals surface area contributed by atoms with Crippen LogP contribution in [0.15, 0.2) is 66.9 Å². The van der Waals surface area contributed by atoms with E-state index in [0.29, 0.717) is 16.9 Å². The predicted molar refractivity (Wildman–Crippen MR) is 173 cm³/mol. The van der Waals surface area contributed by atoms with Crippen LogP contribution in [0.1, 0.15) is 18.2 Å². The molecule has 2 heterocycles. The Kier molecular flexibility index (Phi) is 16.0. The minimum Gasteiger partial charge on any atom is -0.549 e.